The van der Waals surface area contributed by atoms with E-state index in [-0.39, 0.29) is 11.4 Å². The van der Waals surface area contributed by atoms with Crippen LogP contribution in [-0.4, -0.2) is 21.2 Å². The molecule has 4 heteroatoms. The van der Waals surface area contributed by atoms with Gasteiger partial charge in [-0.25, -0.2) is 9.78 Å². The number of hydrogen-bond donors (Lipinski definition) is 2. The molecule has 0 fully saturated rings. The summed E-state index contributed by atoms with van der Waals surface area (Å²) in [4.78, 5) is 14.4. The molecule has 0 aliphatic heterocycles. The Bertz CT molecular complexity index is 520. The van der Waals surface area contributed by atoms with Crippen LogP contribution in [0.25, 0.3) is 11.1 Å². The summed E-state index contributed by atoms with van der Waals surface area (Å²) < 4.78 is 0. The number of carboxylic acids is 1. The Balaban J connectivity index is 2.38. The third-order valence-corrected chi connectivity index (χ3v) is 2.16. The van der Waals surface area contributed by atoms with Crippen molar-refractivity contribution >= 4 is 5.97 Å². The van der Waals surface area contributed by atoms with Crippen molar-refractivity contribution in [3.05, 3.63) is 48.3 Å². The van der Waals surface area contributed by atoms with Gasteiger partial charge in [0, 0.05) is 11.8 Å². The summed E-state index contributed by atoms with van der Waals surface area (Å²) in [6, 6.07) is 9.79. The molecule has 0 spiro atoms. The lowest BCUT2D eigenvalue weighted by Crippen LogP contribution is -1.98. The molecule has 2 rings (SSSR count). The van der Waals surface area contributed by atoms with Crippen molar-refractivity contribution in [3.8, 4) is 16.9 Å². The van der Waals surface area contributed by atoms with Crippen LogP contribution in [0.2, 0.25) is 0 Å². The van der Waals surface area contributed by atoms with E-state index in [4.69, 9.17) is 5.11 Å². The first-order valence-electron chi connectivity index (χ1n) is 4.65. The molecule has 80 valence electrons. The monoisotopic (exact) mass is 215 g/mol. The molecular weight excluding hydrogens is 206 g/mol. The van der Waals surface area contributed by atoms with Gasteiger partial charge in [0.25, 0.3) is 0 Å². The topological polar surface area (TPSA) is 70.4 Å². The van der Waals surface area contributed by atoms with Crippen LogP contribution in [0, 0.1) is 0 Å². The number of rotatable bonds is 2. The van der Waals surface area contributed by atoms with E-state index in [9.17, 15) is 9.90 Å². The zero-order valence-electron chi connectivity index (χ0n) is 8.29. The molecule has 1 heterocycles. The minimum atomic E-state index is -1.05. The maximum Gasteiger partial charge on any atom is 0.354 e. The molecule has 0 saturated carbocycles. The van der Waals surface area contributed by atoms with E-state index in [2.05, 4.69) is 4.98 Å². The summed E-state index contributed by atoms with van der Waals surface area (Å²) >= 11 is 0. The summed E-state index contributed by atoms with van der Waals surface area (Å²) in [7, 11) is 0. The Morgan fingerprint density at radius 2 is 1.94 bits per heavy atom. The summed E-state index contributed by atoms with van der Waals surface area (Å²) in [5.41, 5.74) is 1.56. The van der Waals surface area contributed by atoms with Gasteiger partial charge in [-0.2, -0.15) is 0 Å². The third kappa shape index (κ3) is 2.00. The largest absolute Gasteiger partial charge is 0.508 e. The summed E-state index contributed by atoms with van der Waals surface area (Å²) in [5, 5.41) is 18.0. The Morgan fingerprint density at radius 1 is 1.12 bits per heavy atom. The minimum absolute atomic E-state index is 0.00361. The Kier molecular flexibility index (Phi) is 2.55. The number of aromatic nitrogens is 1. The molecule has 2 aromatic rings. The molecule has 0 aliphatic rings. The van der Waals surface area contributed by atoms with E-state index in [1.165, 1.54) is 12.3 Å². The van der Waals surface area contributed by atoms with Crippen molar-refractivity contribution in [2.24, 2.45) is 0 Å². The number of nitrogens with zero attached hydrogens (tertiary/aromatic N) is 1. The van der Waals surface area contributed by atoms with E-state index in [1.54, 1.807) is 24.3 Å². The molecular formula is C12H9NO3. The minimum Gasteiger partial charge on any atom is -0.508 e. The summed E-state index contributed by atoms with van der Waals surface area (Å²) in [6.45, 7) is 0. The lowest BCUT2D eigenvalue weighted by Gasteiger charge is -2.02. The lowest BCUT2D eigenvalue weighted by molar-refractivity contribution is 0.0690. The van der Waals surface area contributed by atoms with E-state index in [0.717, 1.165) is 11.1 Å². The van der Waals surface area contributed by atoms with Crippen LogP contribution >= 0.6 is 0 Å². The first-order valence-corrected chi connectivity index (χ1v) is 4.65. The first-order chi connectivity index (χ1) is 7.66. The van der Waals surface area contributed by atoms with Crippen LogP contribution in [0.3, 0.4) is 0 Å². The maximum atomic E-state index is 10.6. The molecule has 0 unspecified atom stereocenters. The van der Waals surface area contributed by atoms with Gasteiger partial charge in [0.2, 0.25) is 0 Å². The van der Waals surface area contributed by atoms with E-state index in [1.807, 2.05) is 6.07 Å². The van der Waals surface area contributed by atoms with Gasteiger partial charge in [-0.1, -0.05) is 18.2 Å². The Labute approximate surface area is 91.8 Å². The molecule has 0 radical (unpaired) electrons. The van der Waals surface area contributed by atoms with E-state index in [0.29, 0.717) is 0 Å². The van der Waals surface area contributed by atoms with Gasteiger partial charge in [0.1, 0.15) is 11.4 Å². The summed E-state index contributed by atoms with van der Waals surface area (Å²) in [5.74, 6) is -0.887. The summed E-state index contributed by atoms with van der Waals surface area (Å²) in [6.07, 6.45) is 1.47. The number of aromatic carboxylic acids is 1. The zero-order chi connectivity index (χ0) is 11.5. The van der Waals surface area contributed by atoms with Gasteiger partial charge in [0.15, 0.2) is 0 Å². The molecule has 1 aromatic heterocycles. The fourth-order valence-corrected chi connectivity index (χ4v) is 1.38. The van der Waals surface area contributed by atoms with E-state index < -0.39 is 5.97 Å². The van der Waals surface area contributed by atoms with Gasteiger partial charge >= 0.3 is 5.97 Å². The predicted octanol–water partition coefficient (Wildman–Crippen LogP) is 2.15. The van der Waals surface area contributed by atoms with Crippen LogP contribution in [0.5, 0.6) is 5.75 Å². The highest BCUT2D eigenvalue weighted by molar-refractivity contribution is 5.85. The molecule has 16 heavy (non-hydrogen) atoms. The number of benzene rings is 1. The average molecular weight is 215 g/mol. The molecule has 0 saturated heterocycles. The van der Waals surface area contributed by atoms with Crippen LogP contribution in [-0.2, 0) is 0 Å². The highest BCUT2D eigenvalue weighted by Crippen LogP contribution is 2.22. The fourth-order valence-electron chi connectivity index (χ4n) is 1.38. The van der Waals surface area contributed by atoms with Crippen molar-refractivity contribution in [1.29, 1.82) is 0 Å². The van der Waals surface area contributed by atoms with Gasteiger partial charge in [-0.3, -0.25) is 0 Å². The molecule has 0 amide bonds. The Hall–Kier alpha value is -2.36. The smallest absolute Gasteiger partial charge is 0.354 e. The predicted molar refractivity (Wildman–Crippen MR) is 58.3 cm³/mol. The standard InChI is InChI=1S/C12H9NO3/c14-10-3-1-2-8(6-10)9-4-5-11(12(15)16)13-7-9/h1-7,14H,(H,15,16). The SMILES string of the molecule is O=C(O)c1ccc(-c2cccc(O)c2)cn1. The van der Waals surface area contributed by atoms with Crippen LogP contribution in [0.15, 0.2) is 42.6 Å². The van der Waals surface area contributed by atoms with Gasteiger partial charge in [-0.05, 0) is 23.8 Å². The van der Waals surface area contributed by atoms with Crippen molar-refractivity contribution in [3.63, 3.8) is 0 Å². The third-order valence-electron chi connectivity index (χ3n) is 2.16. The fraction of sp³-hybridized carbons (Fsp3) is 0. The van der Waals surface area contributed by atoms with Crippen LogP contribution < -0.4 is 0 Å². The quantitative estimate of drug-likeness (QED) is 0.805. The first kappa shape index (κ1) is 10.2. The number of pyridine rings is 1. The molecule has 0 atom stereocenters. The number of carboxylic acid groups (broad SMARTS) is 1. The highest BCUT2D eigenvalue weighted by Gasteiger charge is 2.04. The number of phenolic OH excluding ortho intramolecular Hbond substituents is 1. The number of hydrogen-bond acceptors (Lipinski definition) is 3. The molecule has 0 aliphatic carbocycles. The highest BCUT2D eigenvalue weighted by atomic mass is 16.4. The van der Waals surface area contributed by atoms with Crippen molar-refractivity contribution in [2.75, 3.05) is 0 Å². The maximum absolute atomic E-state index is 10.6. The second-order valence-electron chi connectivity index (χ2n) is 3.29. The number of carbonyl (C=O) groups is 1. The van der Waals surface area contributed by atoms with Crippen LogP contribution in [0.4, 0.5) is 0 Å². The van der Waals surface area contributed by atoms with Crippen molar-refractivity contribution in [2.45, 2.75) is 0 Å². The van der Waals surface area contributed by atoms with Crippen molar-refractivity contribution < 1.29 is 15.0 Å². The Morgan fingerprint density at radius 3 is 2.50 bits per heavy atom. The average Bonchev–Trinajstić information content (AvgIpc) is 2.29. The van der Waals surface area contributed by atoms with Crippen molar-refractivity contribution in [1.82, 2.24) is 4.98 Å². The zero-order valence-corrected chi connectivity index (χ0v) is 8.29. The lowest BCUT2D eigenvalue weighted by atomic mass is 10.1. The van der Waals surface area contributed by atoms with Gasteiger partial charge in [-0.15, -0.1) is 0 Å². The van der Waals surface area contributed by atoms with Gasteiger partial charge < -0.3 is 10.2 Å². The van der Waals surface area contributed by atoms with E-state index >= 15 is 0 Å². The molecule has 1 aromatic carbocycles. The molecule has 0 bridgehead atoms. The van der Waals surface area contributed by atoms with Crippen LogP contribution in [0.1, 0.15) is 10.5 Å². The second-order valence-corrected chi connectivity index (χ2v) is 3.29. The van der Waals surface area contributed by atoms with Gasteiger partial charge in [0.05, 0.1) is 0 Å². The molecule has 2 N–H and O–H groups in total. The normalized spacial score (nSPS) is 10.0. The number of phenols is 1. The number of aromatic hydroxyl groups is 1. The molecule has 4 nitrogen and oxygen atoms in total. The second kappa shape index (κ2) is 4.02.